The highest BCUT2D eigenvalue weighted by Gasteiger charge is 2.31. The highest BCUT2D eigenvalue weighted by molar-refractivity contribution is 7.89. The molecule has 0 unspecified atom stereocenters. The van der Waals surface area contributed by atoms with Gasteiger partial charge in [0.05, 0.1) is 10.5 Å². The van der Waals surface area contributed by atoms with Crippen LogP contribution in [0.2, 0.25) is 0 Å². The fraction of sp³-hybridized carbons (Fsp3) is 0.294. The maximum Gasteiger partial charge on any atom is 0.257 e. The Balaban J connectivity index is 1.84. The fourth-order valence-electron chi connectivity index (χ4n) is 2.95. The summed E-state index contributed by atoms with van der Waals surface area (Å²) in [6.07, 6.45) is 3.47. The molecule has 0 saturated carbocycles. The maximum absolute atomic E-state index is 12.4. The van der Waals surface area contributed by atoms with E-state index >= 15 is 0 Å². The number of nitrogens with two attached hydrogens (primary N) is 1. The third-order valence-electron chi connectivity index (χ3n) is 4.31. The van der Waals surface area contributed by atoms with E-state index in [1.807, 2.05) is 6.07 Å². The topological polar surface area (TPSA) is 102 Å². The Kier molecular flexibility index (Phi) is 3.93. The van der Waals surface area contributed by atoms with Crippen LogP contribution in [0.3, 0.4) is 0 Å². The molecule has 24 heavy (non-hydrogen) atoms. The van der Waals surface area contributed by atoms with E-state index in [2.05, 4.69) is 24.1 Å². The monoisotopic (exact) mass is 345 g/mol. The number of hydrogen-bond donors (Lipinski definition) is 2. The van der Waals surface area contributed by atoms with Crippen molar-refractivity contribution >= 4 is 21.6 Å². The Hall–Kier alpha value is -2.25. The summed E-state index contributed by atoms with van der Waals surface area (Å²) in [5.41, 5.74) is 2.98. The molecule has 1 aromatic carbocycles. The molecule has 3 N–H and O–H groups in total. The molecule has 126 valence electrons. The number of sulfonamides is 1. The molecule has 0 fully saturated rings. The molecule has 1 amide bonds. The van der Waals surface area contributed by atoms with Crippen LogP contribution < -0.4 is 10.5 Å². The Morgan fingerprint density at radius 3 is 2.75 bits per heavy atom. The molecular weight excluding hydrogens is 326 g/mol. The van der Waals surface area contributed by atoms with Crippen LogP contribution in [0.25, 0.3) is 0 Å². The summed E-state index contributed by atoms with van der Waals surface area (Å²) in [4.78, 5) is 16.8. The van der Waals surface area contributed by atoms with Crippen LogP contribution in [0, 0.1) is 0 Å². The van der Waals surface area contributed by atoms with Gasteiger partial charge in [0.1, 0.15) is 0 Å². The summed E-state index contributed by atoms with van der Waals surface area (Å²) in [5, 5.41) is 7.79. The number of nitrogens with zero attached hydrogens (tertiary/aromatic N) is 1. The zero-order valence-corrected chi connectivity index (χ0v) is 14.4. The standard InChI is InChI=1S/C17H19N3O3S/c1-17(2)7-6-11-8-12(10-19-15(11)17)16(21)20-13-4-3-5-14(9-13)24(18,22)23/h3-5,8-10H,6-7H2,1-2H3,(H,20,21)(H2,18,22,23). The Morgan fingerprint density at radius 1 is 1.29 bits per heavy atom. The van der Waals surface area contributed by atoms with Gasteiger partial charge in [-0.15, -0.1) is 0 Å². The van der Waals surface area contributed by atoms with Gasteiger partial charge in [0.2, 0.25) is 10.0 Å². The Labute approximate surface area is 141 Å². The van der Waals surface area contributed by atoms with Crippen LogP contribution in [-0.4, -0.2) is 19.3 Å². The average molecular weight is 345 g/mol. The molecule has 1 aromatic heterocycles. The first-order chi connectivity index (χ1) is 11.2. The van der Waals surface area contributed by atoms with Crippen molar-refractivity contribution in [2.24, 2.45) is 5.14 Å². The number of anilines is 1. The number of primary sulfonamides is 1. The van der Waals surface area contributed by atoms with Gasteiger partial charge in [-0.1, -0.05) is 19.9 Å². The molecule has 0 saturated heterocycles. The van der Waals surface area contributed by atoms with E-state index in [-0.39, 0.29) is 16.2 Å². The first kappa shape index (κ1) is 16.6. The lowest BCUT2D eigenvalue weighted by Crippen LogP contribution is -2.17. The van der Waals surface area contributed by atoms with Gasteiger partial charge in [-0.05, 0) is 42.7 Å². The third-order valence-corrected chi connectivity index (χ3v) is 5.22. The molecule has 0 atom stereocenters. The lowest BCUT2D eigenvalue weighted by atomic mass is 9.90. The van der Waals surface area contributed by atoms with Crippen LogP contribution in [-0.2, 0) is 21.9 Å². The van der Waals surface area contributed by atoms with Gasteiger partial charge >= 0.3 is 0 Å². The molecule has 2 aromatic rings. The fourth-order valence-corrected chi connectivity index (χ4v) is 3.51. The minimum Gasteiger partial charge on any atom is -0.322 e. The number of aryl methyl sites for hydroxylation is 1. The van der Waals surface area contributed by atoms with E-state index in [1.165, 1.54) is 18.2 Å². The lowest BCUT2D eigenvalue weighted by molar-refractivity contribution is 0.102. The van der Waals surface area contributed by atoms with E-state index < -0.39 is 10.0 Å². The summed E-state index contributed by atoms with van der Waals surface area (Å²) >= 11 is 0. The highest BCUT2D eigenvalue weighted by Crippen LogP contribution is 2.36. The number of rotatable bonds is 3. The summed E-state index contributed by atoms with van der Waals surface area (Å²) in [6, 6.07) is 7.70. The van der Waals surface area contributed by atoms with Gasteiger partial charge in [-0.25, -0.2) is 13.6 Å². The molecule has 1 aliphatic carbocycles. The number of hydrogen-bond acceptors (Lipinski definition) is 4. The lowest BCUT2D eigenvalue weighted by Gasteiger charge is -2.17. The van der Waals surface area contributed by atoms with Crippen LogP contribution in [0.5, 0.6) is 0 Å². The molecule has 1 aliphatic rings. The SMILES string of the molecule is CC1(C)CCc2cc(C(=O)Nc3cccc(S(N)(=O)=O)c3)cnc21. The Morgan fingerprint density at radius 2 is 2.04 bits per heavy atom. The van der Waals surface area contributed by atoms with Crippen molar-refractivity contribution in [3.05, 3.63) is 53.3 Å². The van der Waals surface area contributed by atoms with E-state index in [4.69, 9.17) is 5.14 Å². The number of pyridine rings is 1. The summed E-state index contributed by atoms with van der Waals surface area (Å²) in [6.45, 7) is 4.29. The minimum absolute atomic E-state index is 0.0359. The first-order valence-electron chi connectivity index (χ1n) is 7.60. The van der Waals surface area contributed by atoms with E-state index in [1.54, 1.807) is 12.3 Å². The second kappa shape index (κ2) is 5.68. The van der Waals surface area contributed by atoms with Crippen molar-refractivity contribution in [2.45, 2.75) is 37.0 Å². The number of carbonyl (C=O) groups excluding carboxylic acids is 1. The van der Waals surface area contributed by atoms with Gasteiger partial charge in [0.25, 0.3) is 5.91 Å². The van der Waals surface area contributed by atoms with Gasteiger partial charge in [0, 0.05) is 23.0 Å². The normalized spacial score (nSPS) is 15.8. The minimum atomic E-state index is -3.81. The number of aromatic nitrogens is 1. The molecular formula is C17H19N3O3S. The summed E-state index contributed by atoms with van der Waals surface area (Å²) in [5.74, 6) is -0.332. The van der Waals surface area contributed by atoms with Gasteiger partial charge in [0.15, 0.2) is 0 Å². The number of nitrogens with one attached hydrogen (secondary N) is 1. The van der Waals surface area contributed by atoms with Gasteiger partial charge in [-0.3, -0.25) is 9.78 Å². The number of fused-ring (bicyclic) bond motifs is 1. The number of carbonyl (C=O) groups is 1. The van der Waals surface area contributed by atoms with Crippen LogP contribution in [0.15, 0.2) is 41.4 Å². The van der Waals surface area contributed by atoms with Crippen molar-refractivity contribution in [1.29, 1.82) is 0 Å². The molecule has 1 heterocycles. The molecule has 0 aliphatic heterocycles. The van der Waals surface area contributed by atoms with Crippen molar-refractivity contribution < 1.29 is 13.2 Å². The number of benzene rings is 1. The average Bonchev–Trinajstić information content (AvgIpc) is 2.82. The van der Waals surface area contributed by atoms with E-state index in [0.29, 0.717) is 11.3 Å². The third kappa shape index (κ3) is 3.18. The Bertz CT molecular complexity index is 920. The first-order valence-corrected chi connectivity index (χ1v) is 9.15. The van der Waals surface area contributed by atoms with Crippen molar-refractivity contribution in [3.63, 3.8) is 0 Å². The van der Waals surface area contributed by atoms with Crippen LogP contribution in [0.1, 0.15) is 41.9 Å². The smallest absolute Gasteiger partial charge is 0.257 e. The molecule has 3 rings (SSSR count). The van der Waals surface area contributed by atoms with Gasteiger partial charge in [-0.2, -0.15) is 0 Å². The van der Waals surface area contributed by atoms with Crippen molar-refractivity contribution in [2.75, 3.05) is 5.32 Å². The quantitative estimate of drug-likeness (QED) is 0.890. The molecule has 0 spiro atoms. The second-order valence-corrected chi connectivity index (χ2v) is 8.20. The van der Waals surface area contributed by atoms with Crippen molar-refractivity contribution in [1.82, 2.24) is 4.98 Å². The maximum atomic E-state index is 12.4. The summed E-state index contributed by atoms with van der Waals surface area (Å²) < 4.78 is 22.8. The highest BCUT2D eigenvalue weighted by atomic mass is 32.2. The van der Waals surface area contributed by atoms with Crippen molar-refractivity contribution in [3.8, 4) is 0 Å². The van der Waals surface area contributed by atoms with Crippen LogP contribution in [0.4, 0.5) is 5.69 Å². The predicted octanol–water partition coefficient (Wildman–Crippen LogP) is 2.21. The van der Waals surface area contributed by atoms with E-state index in [0.717, 1.165) is 24.1 Å². The number of amides is 1. The molecule has 7 heteroatoms. The zero-order valence-electron chi connectivity index (χ0n) is 13.5. The predicted molar refractivity (Wildman–Crippen MR) is 91.4 cm³/mol. The molecule has 0 radical (unpaired) electrons. The van der Waals surface area contributed by atoms with Crippen LogP contribution >= 0.6 is 0 Å². The second-order valence-electron chi connectivity index (χ2n) is 6.64. The zero-order chi connectivity index (χ0) is 17.5. The molecule has 6 nitrogen and oxygen atoms in total. The van der Waals surface area contributed by atoms with Gasteiger partial charge < -0.3 is 5.32 Å². The van der Waals surface area contributed by atoms with E-state index in [9.17, 15) is 13.2 Å². The largest absolute Gasteiger partial charge is 0.322 e. The molecule has 0 bridgehead atoms. The summed E-state index contributed by atoms with van der Waals surface area (Å²) in [7, 11) is -3.81.